The average Bonchev–Trinajstić information content (AvgIpc) is 2.81. The molecular weight excluding hydrogens is 336 g/mol. The molecule has 2 rings (SSSR count). The number of ketones is 1. The van der Waals surface area contributed by atoms with E-state index in [1.807, 2.05) is 0 Å². The van der Waals surface area contributed by atoms with E-state index in [9.17, 15) is 14.4 Å². The summed E-state index contributed by atoms with van der Waals surface area (Å²) >= 11 is 0. The molecule has 2 aliphatic rings. The van der Waals surface area contributed by atoms with Crippen molar-refractivity contribution < 1.29 is 23.9 Å². The van der Waals surface area contributed by atoms with Crippen LogP contribution in [0.4, 0.5) is 4.79 Å². The second-order valence-electron chi connectivity index (χ2n) is 8.31. The van der Waals surface area contributed by atoms with Gasteiger partial charge in [0.2, 0.25) is 5.91 Å². The molecule has 2 amide bonds. The molecule has 26 heavy (non-hydrogen) atoms. The van der Waals surface area contributed by atoms with Gasteiger partial charge >= 0.3 is 12.3 Å². The van der Waals surface area contributed by atoms with Gasteiger partial charge in [-0.1, -0.05) is 19.3 Å². The van der Waals surface area contributed by atoms with Gasteiger partial charge < -0.3 is 20.9 Å². The predicted octanol–water partition coefficient (Wildman–Crippen LogP) is 1.98. The number of carbonyl (C=O) groups is 3. The van der Waals surface area contributed by atoms with E-state index in [1.165, 1.54) is 6.42 Å². The van der Waals surface area contributed by atoms with Gasteiger partial charge in [0.1, 0.15) is 11.6 Å². The summed E-state index contributed by atoms with van der Waals surface area (Å²) in [6, 6.07) is -0.977. The number of amides is 2. The highest BCUT2D eigenvalue weighted by atomic mass is 16.6. The molecule has 1 saturated carbocycles. The van der Waals surface area contributed by atoms with E-state index in [-0.39, 0.29) is 23.8 Å². The second-order valence-corrected chi connectivity index (χ2v) is 8.31. The molecule has 144 valence electrons. The fourth-order valence-electron chi connectivity index (χ4n) is 3.85. The first-order valence-electron chi connectivity index (χ1n) is 9.17. The van der Waals surface area contributed by atoms with Gasteiger partial charge in [0.05, 0.1) is 0 Å². The van der Waals surface area contributed by atoms with Gasteiger partial charge in [-0.25, -0.2) is 4.79 Å². The lowest BCUT2D eigenvalue weighted by Crippen LogP contribution is -2.45. The Labute approximate surface area is 153 Å². The second kappa shape index (κ2) is 7.99. The van der Waals surface area contributed by atoms with Crippen molar-refractivity contribution in [1.29, 1.82) is 0 Å². The average molecular weight is 364 g/mol. The number of nitrogens with one attached hydrogen (secondary N) is 2. The predicted molar refractivity (Wildman–Crippen MR) is 94.5 cm³/mol. The molecule has 2 atom stereocenters. The Bertz CT molecular complexity index is 613. The van der Waals surface area contributed by atoms with Crippen molar-refractivity contribution in [2.24, 2.45) is 5.92 Å². The van der Waals surface area contributed by atoms with Gasteiger partial charge in [-0.3, -0.25) is 9.59 Å². The van der Waals surface area contributed by atoms with Crippen LogP contribution >= 0.6 is 0 Å². The van der Waals surface area contributed by atoms with Crippen molar-refractivity contribution in [2.45, 2.75) is 82.9 Å². The normalized spacial score (nSPS) is 22.9. The molecular formula is C18H28N4O4. The van der Waals surface area contributed by atoms with Crippen LogP contribution in [0.1, 0.15) is 65.7 Å². The molecule has 1 heterocycles. The lowest BCUT2D eigenvalue weighted by molar-refractivity contribution is -0.124. The van der Waals surface area contributed by atoms with E-state index in [0.717, 1.165) is 31.9 Å². The monoisotopic (exact) mass is 364 g/mol. The van der Waals surface area contributed by atoms with Crippen LogP contribution in [0.25, 0.3) is 5.53 Å². The number of carbonyl (C=O) groups excluding carboxylic acids is 3. The van der Waals surface area contributed by atoms with E-state index in [1.54, 1.807) is 20.8 Å². The number of Topliss-reactive ketones (excluding diaryl/α,β-unsaturated/α-hetero) is 1. The minimum absolute atomic E-state index is 0.0865. The fourth-order valence-corrected chi connectivity index (χ4v) is 3.85. The molecule has 0 aromatic heterocycles. The van der Waals surface area contributed by atoms with E-state index < -0.39 is 23.5 Å². The lowest BCUT2D eigenvalue weighted by Gasteiger charge is -2.33. The fraction of sp³-hybridized carbons (Fsp3) is 0.778. The quantitative estimate of drug-likeness (QED) is 0.440. The van der Waals surface area contributed by atoms with Crippen LogP contribution in [0.15, 0.2) is 0 Å². The van der Waals surface area contributed by atoms with Crippen molar-refractivity contribution in [1.82, 2.24) is 10.6 Å². The van der Waals surface area contributed by atoms with Crippen LogP contribution in [0.5, 0.6) is 0 Å². The third-order valence-electron chi connectivity index (χ3n) is 4.95. The van der Waals surface area contributed by atoms with Crippen molar-refractivity contribution in [3.05, 3.63) is 5.53 Å². The van der Waals surface area contributed by atoms with Crippen LogP contribution in [0.2, 0.25) is 0 Å². The van der Waals surface area contributed by atoms with E-state index in [2.05, 4.69) is 15.4 Å². The lowest BCUT2D eigenvalue weighted by atomic mass is 9.78. The molecule has 0 aromatic rings. The van der Waals surface area contributed by atoms with Gasteiger partial charge in [0, 0.05) is 11.5 Å². The minimum atomic E-state index is -0.977. The number of hydrogen-bond donors (Lipinski definition) is 2. The van der Waals surface area contributed by atoms with Gasteiger partial charge in [0.25, 0.3) is 5.78 Å². The molecule has 0 bridgehead atoms. The van der Waals surface area contributed by atoms with Crippen LogP contribution in [-0.4, -0.2) is 46.0 Å². The summed E-state index contributed by atoms with van der Waals surface area (Å²) in [5, 5.41) is 5.61. The standard InChI is InChI=1S/C18H28N4O4/c1-17(2,3)26-16(25)21-13(14(23)11-20-19)9-12-10-18(22-15(12)24)7-5-4-6-8-18/h11-13H,4-10H2,1-3H3,(H,21,25)(H,22,24). The summed E-state index contributed by atoms with van der Waals surface area (Å²) in [5.74, 6) is -1.03. The molecule has 1 aliphatic carbocycles. The Hall–Kier alpha value is -2.21. The van der Waals surface area contributed by atoms with Crippen molar-refractivity contribution >= 4 is 24.0 Å². The van der Waals surface area contributed by atoms with Gasteiger partial charge in [-0.15, -0.1) is 0 Å². The molecule has 1 spiro atoms. The summed E-state index contributed by atoms with van der Waals surface area (Å²) in [6.07, 6.45) is 6.05. The van der Waals surface area contributed by atoms with Crippen molar-refractivity contribution in [3.8, 4) is 0 Å². The van der Waals surface area contributed by atoms with Crippen LogP contribution in [-0.2, 0) is 14.3 Å². The third kappa shape index (κ3) is 5.39. The number of nitrogens with zero attached hydrogens (tertiary/aromatic N) is 2. The first kappa shape index (κ1) is 20.1. The highest BCUT2D eigenvalue weighted by Gasteiger charge is 2.45. The highest BCUT2D eigenvalue weighted by molar-refractivity contribution is 6.28. The van der Waals surface area contributed by atoms with Crippen LogP contribution in [0.3, 0.4) is 0 Å². The molecule has 8 nitrogen and oxygen atoms in total. The minimum Gasteiger partial charge on any atom is -0.444 e. The van der Waals surface area contributed by atoms with E-state index >= 15 is 0 Å². The molecule has 2 fully saturated rings. The molecule has 8 heteroatoms. The largest absolute Gasteiger partial charge is 0.444 e. The number of ether oxygens (including phenoxy) is 1. The Kier molecular flexibility index (Phi) is 6.18. The maximum atomic E-state index is 12.4. The smallest absolute Gasteiger partial charge is 0.408 e. The number of hydrogen-bond acceptors (Lipinski definition) is 4. The third-order valence-corrected chi connectivity index (χ3v) is 4.95. The molecule has 0 aromatic carbocycles. The maximum absolute atomic E-state index is 12.4. The molecule has 2 unspecified atom stereocenters. The van der Waals surface area contributed by atoms with Crippen LogP contribution < -0.4 is 10.6 Å². The summed E-state index contributed by atoms with van der Waals surface area (Å²) in [7, 11) is 0. The summed E-state index contributed by atoms with van der Waals surface area (Å²) in [6.45, 7) is 5.15. The van der Waals surface area contributed by atoms with Gasteiger partial charge in [-0.05, 0) is 46.5 Å². The van der Waals surface area contributed by atoms with Crippen molar-refractivity contribution in [2.75, 3.05) is 0 Å². The Morgan fingerprint density at radius 2 is 2.04 bits per heavy atom. The molecule has 1 aliphatic heterocycles. The summed E-state index contributed by atoms with van der Waals surface area (Å²) in [4.78, 5) is 39.4. The number of rotatable bonds is 5. The Balaban J connectivity index is 2.06. The highest BCUT2D eigenvalue weighted by Crippen LogP contribution is 2.39. The molecule has 1 saturated heterocycles. The molecule has 2 N–H and O–H groups in total. The molecule has 0 radical (unpaired) electrons. The topological polar surface area (TPSA) is 121 Å². The summed E-state index contributed by atoms with van der Waals surface area (Å²) in [5.41, 5.74) is 7.76. The number of alkyl carbamates (subject to hydrolysis) is 1. The van der Waals surface area contributed by atoms with Crippen LogP contribution in [0, 0.1) is 5.92 Å². The Morgan fingerprint density at radius 1 is 1.38 bits per heavy atom. The first-order valence-corrected chi connectivity index (χ1v) is 9.17. The van der Waals surface area contributed by atoms with E-state index in [4.69, 9.17) is 10.3 Å². The van der Waals surface area contributed by atoms with Gasteiger partial charge in [0.15, 0.2) is 0 Å². The maximum Gasteiger partial charge on any atom is 0.408 e. The SMILES string of the molecule is CC(C)(C)OC(=O)NC(CC1CC2(CCCCC2)NC1=O)C(=O)C=[N+]=[N-]. The van der Waals surface area contributed by atoms with Crippen molar-refractivity contribution in [3.63, 3.8) is 0 Å². The zero-order valence-electron chi connectivity index (χ0n) is 15.7. The zero-order chi connectivity index (χ0) is 19.4. The summed E-state index contributed by atoms with van der Waals surface area (Å²) < 4.78 is 5.19. The first-order chi connectivity index (χ1) is 12.1. The van der Waals surface area contributed by atoms with Gasteiger partial charge in [-0.2, -0.15) is 4.79 Å². The Morgan fingerprint density at radius 3 is 2.62 bits per heavy atom. The van der Waals surface area contributed by atoms with E-state index in [0.29, 0.717) is 6.42 Å². The zero-order valence-corrected chi connectivity index (χ0v) is 15.7.